The van der Waals surface area contributed by atoms with Gasteiger partial charge in [-0.05, 0) is 30.2 Å². The van der Waals surface area contributed by atoms with Gasteiger partial charge in [-0.1, -0.05) is 48.0 Å². The second-order valence-corrected chi connectivity index (χ2v) is 4.46. The van der Waals surface area contributed by atoms with Gasteiger partial charge in [0.2, 0.25) is 5.22 Å². The summed E-state index contributed by atoms with van der Waals surface area (Å²) in [5.41, 5.74) is 4.12. The fourth-order valence-corrected chi connectivity index (χ4v) is 2.30. The molecule has 0 amide bonds. The van der Waals surface area contributed by atoms with Crippen LogP contribution in [0.2, 0.25) is 5.22 Å². The number of para-hydroxylation sites is 1. The van der Waals surface area contributed by atoms with Crippen molar-refractivity contribution in [2.45, 2.75) is 6.92 Å². The molecule has 0 saturated heterocycles. The van der Waals surface area contributed by atoms with Crippen LogP contribution in [0.1, 0.15) is 5.56 Å². The maximum absolute atomic E-state index is 6.18. The van der Waals surface area contributed by atoms with Gasteiger partial charge in [-0.25, -0.2) is 0 Å². The number of aryl methyl sites for hydroxylation is 1. The molecule has 17 heavy (non-hydrogen) atoms. The molecule has 0 aliphatic heterocycles. The second-order valence-electron chi connectivity index (χ2n) is 4.11. The Morgan fingerprint density at radius 3 is 2.41 bits per heavy atom. The number of benzene rings is 2. The first-order chi connectivity index (χ1) is 8.25. The van der Waals surface area contributed by atoms with Crippen molar-refractivity contribution in [1.29, 1.82) is 0 Å². The van der Waals surface area contributed by atoms with Crippen molar-refractivity contribution in [1.82, 2.24) is 0 Å². The van der Waals surface area contributed by atoms with Gasteiger partial charge in [0.25, 0.3) is 0 Å². The van der Waals surface area contributed by atoms with Gasteiger partial charge in [-0.2, -0.15) is 0 Å². The Morgan fingerprint density at radius 2 is 1.65 bits per heavy atom. The van der Waals surface area contributed by atoms with Crippen LogP contribution in [0.15, 0.2) is 52.9 Å². The lowest BCUT2D eigenvalue weighted by Gasteiger charge is -2.00. The van der Waals surface area contributed by atoms with Crippen LogP contribution in [-0.2, 0) is 0 Å². The molecule has 3 aromatic rings. The summed E-state index contributed by atoms with van der Waals surface area (Å²) in [5, 5.41) is 1.51. The molecule has 0 N–H and O–H groups in total. The zero-order valence-electron chi connectivity index (χ0n) is 9.41. The van der Waals surface area contributed by atoms with Gasteiger partial charge in [-0.3, -0.25) is 0 Å². The first-order valence-electron chi connectivity index (χ1n) is 5.50. The Morgan fingerprint density at radius 1 is 0.941 bits per heavy atom. The van der Waals surface area contributed by atoms with Gasteiger partial charge in [0, 0.05) is 10.9 Å². The molecule has 0 atom stereocenters. The summed E-state index contributed by atoms with van der Waals surface area (Å²) < 4.78 is 5.55. The third kappa shape index (κ3) is 1.73. The molecule has 0 bridgehead atoms. The molecule has 0 aliphatic rings. The van der Waals surface area contributed by atoms with Crippen LogP contribution in [0.4, 0.5) is 0 Å². The molecule has 1 heterocycles. The van der Waals surface area contributed by atoms with E-state index in [2.05, 4.69) is 31.2 Å². The van der Waals surface area contributed by atoms with E-state index in [0.29, 0.717) is 5.22 Å². The predicted octanol–water partition coefficient (Wildman–Crippen LogP) is 5.06. The number of fused-ring (bicyclic) bond motifs is 1. The lowest BCUT2D eigenvalue weighted by atomic mass is 10.0. The molecular formula is C15H11ClO. The van der Waals surface area contributed by atoms with Crippen molar-refractivity contribution < 1.29 is 4.42 Å². The Labute approximate surface area is 105 Å². The lowest BCUT2D eigenvalue weighted by Crippen LogP contribution is -1.77. The normalized spacial score (nSPS) is 10.9. The fraction of sp³-hybridized carbons (Fsp3) is 0.0667. The first-order valence-corrected chi connectivity index (χ1v) is 5.87. The molecule has 0 spiro atoms. The Bertz CT molecular complexity index is 665. The third-order valence-corrected chi connectivity index (χ3v) is 3.16. The quantitative estimate of drug-likeness (QED) is 0.581. The zero-order chi connectivity index (χ0) is 11.8. The molecular weight excluding hydrogens is 232 g/mol. The van der Waals surface area contributed by atoms with E-state index in [1.54, 1.807) is 0 Å². The maximum atomic E-state index is 6.18. The summed E-state index contributed by atoms with van der Waals surface area (Å²) in [7, 11) is 0. The van der Waals surface area contributed by atoms with E-state index < -0.39 is 0 Å². The van der Waals surface area contributed by atoms with Crippen molar-refractivity contribution in [3.05, 3.63) is 59.3 Å². The van der Waals surface area contributed by atoms with Crippen LogP contribution >= 0.6 is 11.6 Å². The van der Waals surface area contributed by atoms with Crippen molar-refractivity contribution in [3.8, 4) is 11.1 Å². The van der Waals surface area contributed by atoms with Crippen LogP contribution in [0.3, 0.4) is 0 Å². The highest BCUT2D eigenvalue weighted by molar-refractivity contribution is 6.33. The van der Waals surface area contributed by atoms with Crippen LogP contribution < -0.4 is 0 Å². The minimum Gasteiger partial charge on any atom is -0.444 e. The maximum Gasteiger partial charge on any atom is 0.202 e. The summed E-state index contributed by atoms with van der Waals surface area (Å²) in [6.45, 7) is 2.07. The number of rotatable bonds is 1. The first kappa shape index (κ1) is 10.4. The summed E-state index contributed by atoms with van der Waals surface area (Å²) >= 11 is 6.18. The SMILES string of the molecule is Cc1ccc(-c2c(Cl)oc3ccccc23)cc1. The van der Waals surface area contributed by atoms with Gasteiger partial charge in [0.05, 0.1) is 0 Å². The van der Waals surface area contributed by atoms with Gasteiger partial charge in [-0.15, -0.1) is 0 Å². The zero-order valence-corrected chi connectivity index (χ0v) is 10.2. The number of hydrogen-bond acceptors (Lipinski definition) is 1. The van der Waals surface area contributed by atoms with E-state index in [-0.39, 0.29) is 0 Å². The van der Waals surface area contributed by atoms with Crippen LogP contribution in [0.5, 0.6) is 0 Å². The van der Waals surface area contributed by atoms with Crippen molar-refractivity contribution in [3.63, 3.8) is 0 Å². The van der Waals surface area contributed by atoms with E-state index in [1.807, 2.05) is 24.3 Å². The van der Waals surface area contributed by atoms with E-state index in [1.165, 1.54) is 5.56 Å². The Kier molecular flexibility index (Phi) is 2.41. The van der Waals surface area contributed by atoms with E-state index in [9.17, 15) is 0 Å². The fourth-order valence-electron chi connectivity index (χ4n) is 2.00. The molecule has 2 aromatic carbocycles. The van der Waals surface area contributed by atoms with Crippen molar-refractivity contribution in [2.24, 2.45) is 0 Å². The van der Waals surface area contributed by atoms with Crippen LogP contribution in [0, 0.1) is 6.92 Å². The Hall–Kier alpha value is -1.73. The van der Waals surface area contributed by atoms with Crippen molar-refractivity contribution >= 4 is 22.6 Å². The predicted molar refractivity (Wildman–Crippen MR) is 71.4 cm³/mol. The molecule has 0 aliphatic carbocycles. The number of halogens is 1. The Balaban J connectivity index is 2.29. The largest absolute Gasteiger partial charge is 0.444 e. The summed E-state index contributed by atoms with van der Waals surface area (Å²) in [6.07, 6.45) is 0. The number of furan rings is 1. The summed E-state index contributed by atoms with van der Waals surface area (Å²) in [5.74, 6) is 0. The highest BCUT2D eigenvalue weighted by Gasteiger charge is 2.13. The number of hydrogen-bond donors (Lipinski definition) is 0. The molecule has 3 rings (SSSR count). The van der Waals surface area contributed by atoms with Gasteiger partial charge < -0.3 is 4.42 Å². The minimum absolute atomic E-state index is 0.454. The standard InChI is InChI=1S/C15H11ClO/c1-10-6-8-11(9-7-10)14-12-4-2-3-5-13(12)17-15(14)16/h2-9H,1H3. The summed E-state index contributed by atoms with van der Waals surface area (Å²) in [4.78, 5) is 0. The van der Waals surface area contributed by atoms with Gasteiger partial charge >= 0.3 is 0 Å². The molecule has 2 heteroatoms. The van der Waals surface area contributed by atoms with E-state index in [4.69, 9.17) is 16.0 Å². The highest BCUT2D eigenvalue weighted by atomic mass is 35.5. The monoisotopic (exact) mass is 242 g/mol. The summed E-state index contributed by atoms with van der Waals surface area (Å²) in [6, 6.07) is 16.2. The van der Waals surface area contributed by atoms with Crippen LogP contribution in [0.25, 0.3) is 22.1 Å². The molecule has 84 valence electrons. The molecule has 0 radical (unpaired) electrons. The van der Waals surface area contributed by atoms with Gasteiger partial charge in [0.1, 0.15) is 5.58 Å². The lowest BCUT2D eigenvalue weighted by molar-refractivity contribution is 0.619. The minimum atomic E-state index is 0.454. The molecule has 1 aromatic heterocycles. The third-order valence-electron chi connectivity index (χ3n) is 2.89. The average Bonchev–Trinajstić information content (AvgIpc) is 2.66. The topological polar surface area (TPSA) is 13.1 Å². The highest BCUT2D eigenvalue weighted by Crippen LogP contribution is 2.37. The average molecular weight is 243 g/mol. The smallest absolute Gasteiger partial charge is 0.202 e. The molecule has 1 nitrogen and oxygen atoms in total. The molecule has 0 fully saturated rings. The van der Waals surface area contributed by atoms with E-state index >= 15 is 0 Å². The molecule has 0 saturated carbocycles. The van der Waals surface area contributed by atoms with Crippen LogP contribution in [-0.4, -0.2) is 0 Å². The van der Waals surface area contributed by atoms with Crippen molar-refractivity contribution in [2.75, 3.05) is 0 Å². The molecule has 0 unspecified atom stereocenters. The van der Waals surface area contributed by atoms with E-state index in [0.717, 1.165) is 22.1 Å². The second kappa shape index (κ2) is 3.94. The van der Waals surface area contributed by atoms with Gasteiger partial charge in [0.15, 0.2) is 0 Å².